The summed E-state index contributed by atoms with van der Waals surface area (Å²) in [5, 5.41) is 6.86. The number of hydrogen-bond acceptors (Lipinski definition) is 5. The van der Waals surface area contributed by atoms with Gasteiger partial charge in [0.15, 0.2) is 0 Å². The van der Waals surface area contributed by atoms with Crippen LogP contribution in [0, 0.1) is 11.8 Å². The Morgan fingerprint density at radius 3 is 2.65 bits per heavy atom. The molecule has 5 nitrogen and oxygen atoms in total. The minimum atomic E-state index is -0.159. The van der Waals surface area contributed by atoms with Gasteiger partial charge >= 0.3 is 5.97 Å². The number of piperidine rings is 1. The van der Waals surface area contributed by atoms with Crippen molar-refractivity contribution in [2.75, 3.05) is 39.5 Å². The number of esters is 1. The van der Waals surface area contributed by atoms with Gasteiger partial charge in [-0.1, -0.05) is 0 Å². The van der Waals surface area contributed by atoms with Crippen LogP contribution in [0.5, 0.6) is 0 Å². The van der Waals surface area contributed by atoms with E-state index in [0.29, 0.717) is 18.4 Å². The number of rotatable bonds is 6. The Morgan fingerprint density at radius 1 is 1.30 bits per heavy atom. The summed E-state index contributed by atoms with van der Waals surface area (Å²) < 4.78 is 10.6. The Kier molecular flexibility index (Phi) is 6.76. The highest BCUT2D eigenvalue weighted by Crippen LogP contribution is 2.21. The fourth-order valence-electron chi connectivity index (χ4n) is 3.10. The van der Waals surface area contributed by atoms with E-state index >= 15 is 0 Å². The van der Waals surface area contributed by atoms with Crippen LogP contribution in [0.4, 0.5) is 0 Å². The number of nitrogens with one attached hydrogen (secondary N) is 2. The Hall–Kier alpha value is -0.650. The van der Waals surface area contributed by atoms with Gasteiger partial charge in [-0.25, -0.2) is 0 Å². The van der Waals surface area contributed by atoms with Crippen molar-refractivity contribution >= 4 is 5.97 Å². The van der Waals surface area contributed by atoms with Crippen molar-refractivity contribution < 1.29 is 14.3 Å². The maximum absolute atomic E-state index is 12.2. The van der Waals surface area contributed by atoms with Gasteiger partial charge in [0.25, 0.3) is 0 Å². The zero-order valence-corrected chi connectivity index (χ0v) is 12.5. The summed E-state index contributed by atoms with van der Waals surface area (Å²) >= 11 is 0. The molecule has 0 saturated carbocycles. The first-order valence-electron chi connectivity index (χ1n) is 7.99. The fourth-order valence-corrected chi connectivity index (χ4v) is 3.10. The molecule has 2 aliphatic rings. The Morgan fingerprint density at radius 2 is 2.00 bits per heavy atom. The highest BCUT2D eigenvalue weighted by Gasteiger charge is 2.31. The largest absolute Gasteiger partial charge is 0.465 e. The van der Waals surface area contributed by atoms with Gasteiger partial charge in [0.05, 0.1) is 6.61 Å². The molecular formula is C15H28N2O3. The van der Waals surface area contributed by atoms with Gasteiger partial charge in [0.1, 0.15) is 6.04 Å². The quantitative estimate of drug-likeness (QED) is 0.711. The van der Waals surface area contributed by atoms with Crippen molar-refractivity contribution in [2.45, 2.75) is 38.6 Å². The van der Waals surface area contributed by atoms with Crippen LogP contribution in [-0.2, 0) is 14.3 Å². The van der Waals surface area contributed by atoms with E-state index in [2.05, 4.69) is 10.6 Å². The topological polar surface area (TPSA) is 59.6 Å². The highest BCUT2D eigenvalue weighted by atomic mass is 16.5. The molecule has 0 radical (unpaired) electrons. The molecule has 0 bridgehead atoms. The Labute approximate surface area is 121 Å². The van der Waals surface area contributed by atoms with Crippen LogP contribution >= 0.6 is 0 Å². The third-order valence-corrected chi connectivity index (χ3v) is 4.36. The molecule has 20 heavy (non-hydrogen) atoms. The summed E-state index contributed by atoms with van der Waals surface area (Å²) in [5.74, 6) is 0.936. The standard InChI is InChI=1S/C15H28N2O3/c1-2-20-15(18)14(13-5-9-19-10-6-13)17-11-12-3-7-16-8-4-12/h12-14,16-17H,2-11H2,1H3. The lowest BCUT2D eigenvalue weighted by molar-refractivity contribution is -0.148. The molecule has 2 saturated heterocycles. The zero-order valence-electron chi connectivity index (χ0n) is 12.5. The van der Waals surface area contributed by atoms with Crippen LogP contribution in [0.1, 0.15) is 32.6 Å². The fraction of sp³-hybridized carbons (Fsp3) is 0.933. The summed E-state index contributed by atoms with van der Waals surface area (Å²) in [5.41, 5.74) is 0. The Bertz CT molecular complexity index is 287. The first-order chi connectivity index (χ1) is 9.81. The van der Waals surface area contributed by atoms with Crippen LogP contribution in [0.3, 0.4) is 0 Å². The molecule has 0 spiro atoms. The van der Waals surface area contributed by atoms with Crippen LogP contribution in [0.15, 0.2) is 0 Å². The average Bonchev–Trinajstić information content (AvgIpc) is 2.50. The first kappa shape index (κ1) is 15.7. The molecule has 2 fully saturated rings. The lowest BCUT2D eigenvalue weighted by Crippen LogP contribution is -2.48. The second kappa shape index (κ2) is 8.60. The average molecular weight is 284 g/mol. The van der Waals surface area contributed by atoms with Crippen LogP contribution < -0.4 is 10.6 Å². The van der Waals surface area contributed by atoms with Crippen molar-refractivity contribution in [1.82, 2.24) is 10.6 Å². The van der Waals surface area contributed by atoms with E-state index in [1.807, 2.05) is 6.92 Å². The molecule has 1 unspecified atom stereocenters. The number of hydrogen-bond donors (Lipinski definition) is 2. The number of ether oxygens (including phenoxy) is 2. The first-order valence-corrected chi connectivity index (χ1v) is 7.99. The lowest BCUT2D eigenvalue weighted by Gasteiger charge is -2.31. The molecule has 1 atom stereocenters. The predicted molar refractivity (Wildman–Crippen MR) is 77.6 cm³/mol. The smallest absolute Gasteiger partial charge is 0.323 e. The summed E-state index contributed by atoms with van der Waals surface area (Å²) in [6.45, 7) is 6.94. The second-order valence-corrected chi connectivity index (χ2v) is 5.78. The van der Waals surface area contributed by atoms with E-state index in [9.17, 15) is 4.79 Å². The monoisotopic (exact) mass is 284 g/mol. The number of carbonyl (C=O) groups is 1. The molecule has 2 rings (SSSR count). The SMILES string of the molecule is CCOC(=O)C(NCC1CCNCC1)C1CCOCC1. The van der Waals surface area contributed by atoms with Gasteiger partial charge in [-0.3, -0.25) is 4.79 Å². The highest BCUT2D eigenvalue weighted by molar-refractivity contribution is 5.76. The van der Waals surface area contributed by atoms with E-state index in [1.54, 1.807) is 0 Å². The van der Waals surface area contributed by atoms with E-state index in [0.717, 1.165) is 45.7 Å². The maximum atomic E-state index is 12.2. The molecule has 0 aliphatic carbocycles. The zero-order chi connectivity index (χ0) is 14.2. The molecule has 0 aromatic heterocycles. The summed E-state index contributed by atoms with van der Waals surface area (Å²) in [4.78, 5) is 12.2. The molecule has 5 heteroatoms. The Balaban J connectivity index is 1.85. The molecule has 2 heterocycles. The normalized spacial score (nSPS) is 23.4. The molecule has 2 aliphatic heterocycles. The number of carbonyl (C=O) groups excluding carboxylic acids is 1. The van der Waals surface area contributed by atoms with Gasteiger partial charge in [0, 0.05) is 13.2 Å². The van der Waals surface area contributed by atoms with Gasteiger partial charge in [-0.15, -0.1) is 0 Å². The van der Waals surface area contributed by atoms with E-state index < -0.39 is 0 Å². The van der Waals surface area contributed by atoms with Crippen molar-refractivity contribution in [3.05, 3.63) is 0 Å². The summed E-state index contributed by atoms with van der Waals surface area (Å²) in [6.07, 6.45) is 4.28. The van der Waals surface area contributed by atoms with E-state index in [-0.39, 0.29) is 12.0 Å². The minimum Gasteiger partial charge on any atom is -0.465 e. The van der Waals surface area contributed by atoms with Gasteiger partial charge in [-0.05, 0) is 64.1 Å². The van der Waals surface area contributed by atoms with Crippen LogP contribution in [0.25, 0.3) is 0 Å². The second-order valence-electron chi connectivity index (χ2n) is 5.78. The van der Waals surface area contributed by atoms with E-state index in [4.69, 9.17) is 9.47 Å². The third kappa shape index (κ3) is 4.72. The maximum Gasteiger partial charge on any atom is 0.323 e. The third-order valence-electron chi connectivity index (χ3n) is 4.36. The van der Waals surface area contributed by atoms with Crippen molar-refractivity contribution in [2.24, 2.45) is 11.8 Å². The molecule has 0 aromatic rings. The van der Waals surface area contributed by atoms with E-state index in [1.165, 1.54) is 12.8 Å². The molecular weight excluding hydrogens is 256 g/mol. The molecule has 0 amide bonds. The van der Waals surface area contributed by atoms with Gasteiger partial charge in [0.2, 0.25) is 0 Å². The van der Waals surface area contributed by atoms with Gasteiger partial charge in [-0.2, -0.15) is 0 Å². The lowest BCUT2D eigenvalue weighted by atomic mass is 9.90. The molecule has 2 N–H and O–H groups in total. The molecule has 116 valence electrons. The van der Waals surface area contributed by atoms with Crippen molar-refractivity contribution in [3.8, 4) is 0 Å². The van der Waals surface area contributed by atoms with Crippen molar-refractivity contribution in [1.29, 1.82) is 0 Å². The van der Waals surface area contributed by atoms with Crippen molar-refractivity contribution in [3.63, 3.8) is 0 Å². The predicted octanol–water partition coefficient (Wildman–Crippen LogP) is 0.934. The minimum absolute atomic E-state index is 0.0895. The van der Waals surface area contributed by atoms with Crippen LogP contribution in [-0.4, -0.2) is 51.5 Å². The van der Waals surface area contributed by atoms with Crippen LogP contribution in [0.2, 0.25) is 0 Å². The summed E-state index contributed by atoms with van der Waals surface area (Å²) in [6, 6.07) is -0.159. The van der Waals surface area contributed by atoms with Gasteiger partial charge < -0.3 is 20.1 Å². The molecule has 0 aromatic carbocycles. The summed E-state index contributed by atoms with van der Waals surface area (Å²) in [7, 11) is 0.